The summed E-state index contributed by atoms with van der Waals surface area (Å²) in [6, 6.07) is 15.8. The summed E-state index contributed by atoms with van der Waals surface area (Å²) in [5.74, 6) is 0. The lowest BCUT2D eigenvalue weighted by atomic mass is 9.93. The number of benzene rings is 2. The number of hydrogen-bond acceptors (Lipinski definition) is 3. The number of aryl methyl sites for hydroxylation is 1. The molecule has 4 heteroatoms. The molecule has 1 N–H and O–H groups in total. The summed E-state index contributed by atoms with van der Waals surface area (Å²) in [6.07, 6.45) is 3.30. The van der Waals surface area contributed by atoms with Crippen molar-refractivity contribution >= 4 is 15.5 Å². The smallest absolute Gasteiger partial charge is 0.175 e. The molecule has 0 amide bonds. The SMILES string of the molecule is CS(=O)(=O)c1ccc(C2CCc3ccccc3N2)cc1. The second kappa shape index (κ2) is 4.94. The summed E-state index contributed by atoms with van der Waals surface area (Å²) in [4.78, 5) is 0.373. The van der Waals surface area contributed by atoms with E-state index in [0.717, 1.165) is 18.4 Å². The van der Waals surface area contributed by atoms with Gasteiger partial charge in [0.25, 0.3) is 0 Å². The number of rotatable bonds is 2. The van der Waals surface area contributed by atoms with Gasteiger partial charge in [0.05, 0.1) is 10.9 Å². The molecular formula is C16H17NO2S. The molecule has 2 aromatic carbocycles. The summed E-state index contributed by atoms with van der Waals surface area (Å²) in [5.41, 5.74) is 3.65. The van der Waals surface area contributed by atoms with Crippen LogP contribution in [0.5, 0.6) is 0 Å². The Morgan fingerprint density at radius 2 is 1.75 bits per heavy atom. The van der Waals surface area contributed by atoms with Crippen molar-refractivity contribution in [1.82, 2.24) is 0 Å². The van der Waals surface area contributed by atoms with E-state index in [2.05, 4.69) is 23.5 Å². The van der Waals surface area contributed by atoms with Gasteiger partial charge in [0, 0.05) is 11.9 Å². The van der Waals surface area contributed by atoms with E-state index < -0.39 is 9.84 Å². The molecule has 0 aliphatic carbocycles. The fourth-order valence-corrected chi connectivity index (χ4v) is 3.27. The molecule has 2 aromatic rings. The minimum atomic E-state index is -3.12. The highest BCUT2D eigenvalue weighted by atomic mass is 32.2. The van der Waals surface area contributed by atoms with Crippen molar-refractivity contribution in [1.29, 1.82) is 0 Å². The zero-order valence-electron chi connectivity index (χ0n) is 11.3. The molecule has 3 rings (SSSR count). The average molecular weight is 287 g/mol. The molecule has 20 heavy (non-hydrogen) atoms. The van der Waals surface area contributed by atoms with Crippen molar-refractivity contribution in [3.63, 3.8) is 0 Å². The average Bonchev–Trinajstić information content (AvgIpc) is 2.46. The van der Waals surface area contributed by atoms with Gasteiger partial charge in [-0.15, -0.1) is 0 Å². The summed E-state index contributed by atoms with van der Waals surface area (Å²) in [7, 11) is -3.12. The summed E-state index contributed by atoms with van der Waals surface area (Å²) in [5, 5.41) is 3.52. The van der Waals surface area contributed by atoms with Crippen LogP contribution in [0.25, 0.3) is 0 Å². The van der Waals surface area contributed by atoms with Crippen LogP contribution < -0.4 is 5.32 Å². The van der Waals surface area contributed by atoms with Crippen LogP contribution in [0.1, 0.15) is 23.6 Å². The Morgan fingerprint density at radius 1 is 1.05 bits per heavy atom. The van der Waals surface area contributed by atoms with Crippen LogP contribution in [0.15, 0.2) is 53.4 Å². The molecule has 1 aliphatic rings. The fraction of sp³-hybridized carbons (Fsp3) is 0.250. The van der Waals surface area contributed by atoms with Crippen molar-refractivity contribution in [2.24, 2.45) is 0 Å². The molecule has 1 unspecified atom stereocenters. The molecule has 0 saturated carbocycles. The van der Waals surface area contributed by atoms with Crippen LogP contribution in [0.3, 0.4) is 0 Å². The van der Waals surface area contributed by atoms with Crippen LogP contribution in [0.4, 0.5) is 5.69 Å². The van der Waals surface area contributed by atoms with Crippen LogP contribution >= 0.6 is 0 Å². The second-order valence-corrected chi connectivity index (χ2v) is 7.25. The van der Waals surface area contributed by atoms with E-state index in [9.17, 15) is 8.42 Å². The van der Waals surface area contributed by atoms with Gasteiger partial charge in [-0.05, 0) is 42.2 Å². The second-order valence-electron chi connectivity index (χ2n) is 5.23. The number of hydrogen-bond donors (Lipinski definition) is 1. The Morgan fingerprint density at radius 3 is 2.45 bits per heavy atom. The first kappa shape index (κ1) is 13.2. The summed E-state index contributed by atoms with van der Waals surface area (Å²) in [6.45, 7) is 0. The molecule has 3 nitrogen and oxygen atoms in total. The number of nitrogens with one attached hydrogen (secondary N) is 1. The first-order chi connectivity index (χ1) is 9.54. The van der Waals surface area contributed by atoms with E-state index in [1.165, 1.54) is 17.5 Å². The third-order valence-electron chi connectivity index (χ3n) is 3.76. The Kier molecular flexibility index (Phi) is 3.26. The highest BCUT2D eigenvalue weighted by molar-refractivity contribution is 7.90. The fourth-order valence-electron chi connectivity index (χ4n) is 2.64. The van der Waals surface area contributed by atoms with Gasteiger partial charge < -0.3 is 5.32 Å². The summed E-state index contributed by atoms with van der Waals surface area (Å²) >= 11 is 0. The maximum absolute atomic E-state index is 11.5. The normalized spacial score (nSPS) is 18.1. The van der Waals surface area contributed by atoms with Gasteiger partial charge in [-0.2, -0.15) is 0 Å². The minimum absolute atomic E-state index is 0.249. The van der Waals surface area contributed by atoms with Gasteiger partial charge in [-0.1, -0.05) is 30.3 Å². The van der Waals surface area contributed by atoms with Gasteiger partial charge >= 0.3 is 0 Å². The molecule has 0 bridgehead atoms. The predicted molar refractivity (Wildman–Crippen MR) is 80.7 cm³/mol. The van der Waals surface area contributed by atoms with Crippen molar-refractivity contribution < 1.29 is 8.42 Å². The number of para-hydroxylation sites is 1. The van der Waals surface area contributed by atoms with Gasteiger partial charge in [0.2, 0.25) is 0 Å². The topological polar surface area (TPSA) is 46.2 Å². The van der Waals surface area contributed by atoms with Crippen LogP contribution in [-0.2, 0) is 16.3 Å². The Labute approximate surface area is 119 Å². The van der Waals surface area contributed by atoms with Crippen molar-refractivity contribution in [2.45, 2.75) is 23.8 Å². The van der Waals surface area contributed by atoms with Gasteiger partial charge in [-0.3, -0.25) is 0 Å². The van der Waals surface area contributed by atoms with Crippen molar-refractivity contribution in [3.05, 3.63) is 59.7 Å². The largest absolute Gasteiger partial charge is 0.378 e. The van der Waals surface area contributed by atoms with Gasteiger partial charge in [-0.25, -0.2) is 8.42 Å². The maximum atomic E-state index is 11.5. The van der Waals surface area contributed by atoms with E-state index >= 15 is 0 Å². The van der Waals surface area contributed by atoms with E-state index in [1.54, 1.807) is 12.1 Å². The maximum Gasteiger partial charge on any atom is 0.175 e. The first-order valence-corrected chi connectivity index (χ1v) is 8.57. The van der Waals surface area contributed by atoms with Crippen LogP contribution in [0, 0.1) is 0 Å². The highest BCUT2D eigenvalue weighted by Gasteiger charge is 2.19. The zero-order chi connectivity index (χ0) is 14.2. The Balaban J connectivity index is 1.85. The lowest BCUT2D eigenvalue weighted by Gasteiger charge is -2.27. The van der Waals surface area contributed by atoms with Gasteiger partial charge in [0.1, 0.15) is 0 Å². The summed E-state index contributed by atoms with van der Waals surface area (Å²) < 4.78 is 22.9. The zero-order valence-corrected chi connectivity index (χ0v) is 12.2. The number of fused-ring (bicyclic) bond motifs is 1. The minimum Gasteiger partial charge on any atom is -0.378 e. The van der Waals surface area contributed by atoms with Crippen LogP contribution in [0.2, 0.25) is 0 Å². The molecule has 1 heterocycles. The molecule has 0 fully saturated rings. The van der Waals surface area contributed by atoms with Crippen LogP contribution in [-0.4, -0.2) is 14.7 Å². The lowest BCUT2D eigenvalue weighted by Crippen LogP contribution is -2.17. The van der Waals surface area contributed by atoms with Gasteiger partial charge in [0.15, 0.2) is 9.84 Å². The molecule has 0 radical (unpaired) electrons. The third kappa shape index (κ3) is 2.56. The molecule has 1 aliphatic heterocycles. The molecular weight excluding hydrogens is 270 g/mol. The Bertz CT molecular complexity index is 720. The molecule has 1 atom stereocenters. The number of anilines is 1. The molecule has 0 aromatic heterocycles. The third-order valence-corrected chi connectivity index (χ3v) is 4.89. The van der Waals surface area contributed by atoms with E-state index in [1.807, 2.05) is 18.2 Å². The van der Waals surface area contributed by atoms with E-state index in [-0.39, 0.29) is 6.04 Å². The highest BCUT2D eigenvalue weighted by Crippen LogP contribution is 2.32. The monoisotopic (exact) mass is 287 g/mol. The standard InChI is InChI=1S/C16H17NO2S/c1-20(18,19)14-9-6-13(7-10-14)16-11-8-12-4-2-3-5-15(12)17-16/h2-7,9-10,16-17H,8,11H2,1H3. The predicted octanol–water partition coefficient (Wildman–Crippen LogP) is 3.19. The van der Waals surface area contributed by atoms with E-state index in [0.29, 0.717) is 4.90 Å². The Hall–Kier alpha value is -1.81. The first-order valence-electron chi connectivity index (χ1n) is 6.68. The van der Waals surface area contributed by atoms with E-state index in [4.69, 9.17) is 0 Å². The van der Waals surface area contributed by atoms with Crippen molar-refractivity contribution in [2.75, 3.05) is 11.6 Å². The molecule has 0 saturated heterocycles. The quantitative estimate of drug-likeness (QED) is 0.922. The molecule has 104 valence electrons. The lowest BCUT2D eigenvalue weighted by molar-refractivity contribution is 0.601. The van der Waals surface area contributed by atoms with Crippen molar-refractivity contribution in [3.8, 4) is 0 Å². The molecule has 0 spiro atoms. The number of sulfone groups is 1.